The molecule has 0 bridgehead atoms. The highest BCUT2D eigenvalue weighted by Gasteiger charge is 1.93. The van der Waals surface area contributed by atoms with Crippen LogP contribution in [-0.2, 0) is 9.53 Å². The van der Waals surface area contributed by atoms with Gasteiger partial charge < -0.3 is 4.74 Å². The summed E-state index contributed by atoms with van der Waals surface area (Å²) in [7, 11) is 1.39. The maximum Gasteiger partial charge on any atom is 0.309 e. The zero-order valence-electron chi connectivity index (χ0n) is 8.49. The summed E-state index contributed by atoms with van der Waals surface area (Å²) in [5.41, 5.74) is 2.33. The van der Waals surface area contributed by atoms with Gasteiger partial charge in [0.05, 0.1) is 13.5 Å². The molecule has 1 aromatic rings. The first-order valence-electron chi connectivity index (χ1n) is 4.52. The normalized spacial score (nSPS) is 10.4. The number of methoxy groups -OCH3 is 1. The van der Waals surface area contributed by atoms with E-state index in [1.807, 2.05) is 37.3 Å². The highest BCUT2D eigenvalue weighted by molar-refractivity contribution is 5.72. The van der Waals surface area contributed by atoms with E-state index in [-0.39, 0.29) is 5.97 Å². The molecule has 0 atom stereocenters. The van der Waals surface area contributed by atoms with E-state index < -0.39 is 0 Å². The molecule has 2 nitrogen and oxygen atoms in total. The predicted molar refractivity (Wildman–Crippen MR) is 56.8 cm³/mol. The van der Waals surface area contributed by atoms with Gasteiger partial charge in [0.25, 0.3) is 0 Å². The van der Waals surface area contributed by atoms with Crippen LogP contribution in [0.25, 0.3) is 6.08 Å². The molecule has 0 amide bonds. The van der Waals surface area contributed by atoms with Crippen molar-refractivity contribution in [2.45, 2.75) is 13.3 Å². The highest BCUT2D eigenvalue weighted by Crippen LogP contribution is 2.05. The third-order valence-corrected chi connectivity index (χ3v) is 1.90. The molecule has 1 rings (SSSR count). The van der Waals surface area contributed by atoms with Crippen LogP contribution in [0.4, 0.5) is 0 Å². The summed E-state index contributed by atoms with van der Waals surface area (Å²) in [4.78, 5) is 10.8. The van der Waals surface area contributed by atoms with Gasteiger partial charge >= 0.3 is 5.97 Å². The Morgan fingerprint density at radius 2 is 2.00 bits per heavy atom. The minimum Gasteiger partial charge on any atom is -0.469 e. The number of ether oxygens (including phenoxy) is 1. The third-order valence-electron chi connectivity index (χ3n) is 1.90. The average molecular weight is 190 g/mol. The van der Waals surface area contributed by atoms with E-state index in [1.54, 1.807) is 6.08 Å². The first-order chi connectivity index (χ1) is 6.72. The molecule has 0 saturated carbocycles. The van der Waals surface area contributed by atoms with Gasteiger partial charge in [-0.15, -0.1) is 0 Å². The van der Waals surface area contributed by atoms with Crippen LogP contribution in [0.1, 0.15) is 17.5 Å². The number of carbonyl (C=O) groups is 1. The number of aryl methyl sites for hydroxylation is 1. The van der Waals surface area contributed by atoms with Crippen molar-refractivity contribution < 1.29 is 9.53 Å². The molecule has 2 heteroatoms. The number of carbonyl (C=O) groups excluding carboxylic acids is 1. The predicted octanol–water partition coefficient (Wildman–Crippen LogP) is 2.57. The molecule has 0 N–H and O–H groups in total. The molecule has 74 valence electrons. The van der Waals surface area contributed by atoms with Gasteiger partial charge in [-0.3, -0.25) is 4.79 Å². The van der Waals surface area contributed by atoms with E-state index in [4.69, 9.17) is 0 Å². The number of esters is 1. The lowest BCUT2D eigenvalue weighted by Crippen LogP contribution is -1.96. The molecule has 0 fully saturated rings. The van der Waals surface area contributed by atoms with Crippen LogP contribution < -0.4 is 0 Å². The van der Waals surface area contributed by atoms with Crippen LogP contribution in [0.15, 0.2) is 30.3 Å². The summed E-state index contributed by atoms with van der Waals surface area (Å²) >= 11 is 0. The van der Waals surface area contributed by atoms with Crippen molar-refractivity contribution in [3.63, 3.8) is 0 Å². The average Bonchev–Trinajstić information content (AvgIpc) is 2.21. The van der Waals surface area contributed by atoms with Crippen LogP contribution >= 0.6 is 0 Å². The minimum absolute atomic E-state index is 0.214. The summed E-state index contributed by atoms with van der Waals surface area (Å²) in [6, 6.07) is 8.11. The number of hydrogen-bond acceptors (Lipinski definition) is 2. The van der Waals surface area contributed by atoms with E-state index in [0.29, 0.717) is 6.42 Å². The lowest BCUT2D eigenvalue weighted by Gasteiger charge is -1.95. The standard InChI is InChI=1S/C12H14O2/c1-10-6-8-11(9-7-10)4-3-5-12(13)14-2/h3-4,6-9H,5H2,1-2H3/b4-3-. The molecule has 0 aliphatic rings. The molecule has 14 heavy (non-hydrogen) atoms. The van der Waals surface area contributed by atoms with Gasteiger partial charge in [-0.25, -0.2) is 0 Å². The van der Waals surface area contributed by atoms with Crippen molar-refractivity contribution in [1.29, 1.82) is 0 Å². The lowest BCUT2D eigenvalue weighted by atomic mass is 10.1. The second-order valence-electron chi connectivity index (χ2n) is 3.09. The van der Waals surface area contributed by atoms with Gasteiger partial charge in [0.1, 0.15) is 0 Å². The maximum absolute atomic E-state index is 10.8. The molecule has 0 aliphatic carbocycles. The Labute approximate surface area is 84.2 Å². The number of hydrogen-bond donors (Lipinski definition) is 0. The molecule has 0 aliphatic heterocycles. The van der Waals surface area contributed by atoms with Gasteiger partial charge in [-0.2, -0.15) is 0 Å². The van der Waals surface area contributed by atoms with Crippen LogP contribution in [-0.4, -0.2) is 13.1 Å². The van der Waals surface area contributed by atoms with E-state index in [0.717, 1.165) is 5.56 Å². The van der Waals surface area contributed by atoms with Crippen molar-refractivity contribution in [2.75, 3.05) is 7.11 Å². The molecule has 0 spiro atoms. The topological polar surface area (TPSA) is 26.3 Å². The van der Waals surface area contributed by atoms with Crippen molar-refractivity contribution >= 4 is 12.0 Å². The molecule has 0 radical (unpaired) electrons. The van der Waals surface area contributed by atoms with Crippen molar-refractivity contribution in [1.82, 2.24) is 0 Å². The highest BCUT2D eigenvalue weighted by atomic mass is 16.5. The Bertz CT molecular complexity index is 323. The summed E-state index contributed by atoms with van der Waals surface area (Å²) < 4.78 is 4.52. The van der Waals surface area contributed by atoms with Gasteiger partial charge in [-0.05, 0) is 12.5 Å². The largest absolute Gasteiger partial charge is 0.469 e. The van der Waals surface area contributed by atoms with E-state index in [9.17, 15) is 4.79 Å². The van der Waals surface area contributed by atoms with Crippen molar-refractivity contribution in [2.24, 2.45) is 0 Å². The second kappa shape index (κ2) is 5.22. The summed E-state index contributed by atoms with van der Waals surface area (Å²) in [6.07, 6.45) is 4.04. The van der Waals surface area contributed by atoms with E-state index in [2.05, 4.69) is 4.74 Å². The quantitative estimate of drug-likeness (QED) is 0.685. The van der Waals surface area contributed by atoms with Gasteiger partial charge in [0, 0.05) is 0 Å². The summed E-state index contributed by atoms with van der Waals surface area (Å²) in [5.74, 6) is -0.214. The molecule has 0 aromatic heterocycles. The number of rotatable bonds is 3. The SMILES string of the molecule is COC(=O)C/C=C\c1ccc(C)cc1. The van der Waals surface area contributed by atoms with Gasteiger partial charge in [-0.1, -0.05) is 42.0 Å². The zero-order valence-corrected chi connectivity index (χ0v) is 8.49. The Hall–Kier alpha value is -1.57. The molecular formula is C12H14O2. The third kappa shape index (κ3) is 3.44. The monoisotopic (exact) mass is 190 g/mol. The Morgan fingerprint density at radius 3 is 2.57 bits per heavy atom. The van der Waals surface area contributed by atoms with Crippen molar-refractivity contribution in [3.8, 4) is 0 Å². The minimum atomic E-state index is -0.214. The number of benzene rings is 1. The molecular weight excluding hydrogens is 176 g/mol. The fourth-order valence-corrected chi connectivity index (χ4v) is 1.05. The Balaban J connectivity index is 2.52. The Kier molecular flexibility index (Phi) is 3.92. The van der Waals surface area contributed by atoms with E-state index >= 15 is 0 Å². The maximum atomic E-state index is 10.8. The van der Waals surface area contributed by atoms with Crippen LogP contribution in [0.2, 0.25) is 0 Å². The molecule has 0 heterocycles. The molecule has 1 aromatic carbocycles. The van der Waals surface area contributed by atoms with Crippen molar-refractivity contribution in [3.05, 3.63) is 41.5 Å². The summed E-state index contributed by atoms with van der Waals surface area (Å²) in [6.45, 7) is 2.04. The van der Waals surface area contributed by atoms with Gasteiger partial charge in [0.2, 0.25) is 0 Å². The Morgan fingerprint density at radius 1 is 1.36 bits per heavy atom. The van der Waals surface area contributed by atoms with Gasteiger partial charge in [0.15, 0.2) is 0 Å². The zero-order chi connectivity index (χ0) is 10.4. The second-order valence-corrected chi connectivity index (χ2v) is 3.09. The molecule has 0 saturated heterocycles. The first-order valence-corrected chi connectivity index (χ1v) is 4.52. The summed E-state index contributed by atoms with van der Waals surface area (Å²) in [5, 5.41) is 0. The fourth-order valence-electron chi connectivity index (χ4n) is 1.05. The lowest BCUT2D eigenvalue weighted by molar-refractivity contribution is -0.139. The van der Waals surface area contributed by atoms with Crippen LogP contribution in [0, 0.1) is 6.92 Å². The van der Waals surface area contributed by atoms with E-state index in [1.165, 1.54) is 12.7 Å². The fraction of sp³-hybridized carbons (Fsp3) is 0.250. The first kappa shape index (κ1) is 10.5. The molecule has 0 unspecified atom stereocenters. The van der Waals surface area contributed by atoms with Crippen LogP contribution in [0.5, 0.6) is 0 Å². The van der Waals surface area contributed by atoms with Crippen LogP contribution in [0.3, 0.4) is 0 Å². The smallest absolute Gasteiger partial charge is 0.309 e.